The largest absolute Gasteiger partial charge is 0.358 e. The molecule has 0 aliphatic carbocycles. The van der Waals surface area contributed by atoms with Crippen LogP contribution in [-0.2, 0) is 43.7 Å². The van der Waals surface area contributed by atoms with Gasteiger partial charge in [0.25, 0.3) is 0 Å². The minimum Gasteiger partial charge on any atom is -0.358 e. The molecular weight excluding hydrogens is 285 g/mol. The van der Waals surface area contributed by atoms with E-state index in [1.165, 1.54) is 0 Å². The summed E-state index contributed by atoms with van der Waals surface area (Å²) in [5.41, 5.74) is 0. The molecule has 1 fully saturated rings. The van der Waals surface area contributed by atoms with Crippen molar-refractivity contribution in [3.63, 3.8) is 0 Å². The van der Waals surface area contributed by atoms with Crippen LogP contribution in [0.4, 0.5) is 0 Å². The molecule has 2 unspecified atom stereocenters. The second-order valence-corrected chi connectivity index (χ2v) is 5.69. The molecule has 0 saturated carbocycles. The zero-order chi connectivity index (χ0) is 10.1. The van der Waals surface area contributed by atoms with Gasteiger partial charge in [-0.05, 0) is 5.92 Å². The number of nitrogens with zero attached hydrogens (tertiary/aromatic N) is 2. The molecule has 0 amide bonds. The summed E-state index contributed by atoms with van der Waals surface area (Å²) in [5, 5.41) is 0. The van der Waals surface area contributed by atoms with Crippen molar-refractivity contribution in [1.82, 2.24) is 4.31 Å². The Kier molecular flexibility index (Phi) is 8.62. The van der Waals surface area contributed by atoms with E-state index in [4.69, 9.17) is 6.42 Å². The SMILES string of the molecule is C#CC[N+](C)(C)C1CN(C)S(=O)C1.[CH3-].[Y]. The average Bonchev–Trinajstić information content (AvgIpc) is 2.33. The Labute approximate surface area is 122 Å². The minimum absolute atomic E-state index is 0. The molecule has 85 valence electrons. The predicted molar refractivity (Wildman–Crippen MR) is 61.6 cm³/mol. The maximum atomic E-state index is 11.4. The molecule has 0 aromatic rings. The molecule has 1 radical (unpaired) electrons. The Morgan fingerprint density at radius 1 is 1.60 bits per heavy atom. The molecule has 0 spiro atoms. The van der Waals surface area contributed by atoms with E-state index in [0.717, 1.165) is 16.8 Å². The van der Waals surface area contributed by atoms with Crippen LogP contribution in [0.25, 0.3) is 0 Å². The summed E-state index contributed by atoms with van der Waals surface area (Å²) in [7, 11) is 5.29. The number of quaternary nitrogens is 1. The Morgan fingerprint density at radius 3 is 2.47 bits per heavy atom. The van der Waals surface area contributed by atoms with Gasteiger partial charge in [-0.15, -0.1) is 6.42 Å². The van der Waals surface area contributed by atoms with Crippen LogP contribution in [0, 0.1) is 19.8 Å². The van der Waals surface area contributed by atoms with Gasteiger partial charge in [0.15, 0.2) is 0 Å². The molecule has 1 saturated heterocycles. The molecule has 0 aromatic carbocycles. The van der Waals surface area contributed by atoms with Crippen LogP contribution in [0.2, 0.25) is 0 Å². The first kappa shape index (κ1) is 18.1. The van der Waals surface area contributed by atoms with E-state index in [0.29, 0.717) is 12.6 Å². The summed E-state index contributed by atoms with van der Waals surface area (Å²) in [6.07, 6.45) is 5.30. The van der Waals surface area contributed by atoms with Crippen molar-refractivity contribution in [2.45, 2.75) is 6.04 Å². The fourth-order valence-corrected chi connectivity index (χ4v) is 2.94. The summed E-state index contributed by atoms with van der Waals surface area (Å²) in [6.45, 7) is 1.58. The topological polar surface area (TPSA) is 20.3 Å². The van der Waals surface area contributed by atoms with E-state index in [9.17, 15) is 4.21 Å². The third-order valence-corrected chi connectivity index (χ3v) is 4.15. The third kappa shape index (κ3) is 4.62. The first-order valence-electron chi connectivity index (χ1n) is 4.33. The first-order valence-corrected chi connectivity index (χ1v) is 5.60. The summed E-state index contributed by atoms with van der Waals surface area (Å²) in [4.78, 5) is 0. The van der Waals surface area contributed by atoms with Gasteiger partial charge in [0.05, 0.1) is 26.4 Å². The van der Waals surface area contributed by atoms with Crippen LogP contribution in [0.3, 0.4) is 0 Å². The summed E-state index contributed by atoms with van der Waals surface area (Å²) in [6, 6.07) is 0.405. The molecule has 0 N–H and O–H groups in total. The van der Waals surface area contributed by atoms with Gasteiger partial charge in [-0.3, -0.25) is 0 Å². The van der Waals surface area contributed by atoms with Crippen LogP contribution in [-0.4, -0.2) is 59.0 Å². The van der Waals surface area contributed by atoms with E-state index in [1.54, 1.807) is 0 Å². The Morgan fingerprint density at radius 2 is 2.13 bits per heavy atom. The zero-order valence-electron chi connectivity index (χ0n) is 10.1. The van der Waals surface area contributed by atoms with Crippen LogP contribution in [0.1, 0.15) is 0 Å². The second-order valence-electron chi connectivity index (χ2n) is 4.09. The van der Waals surface area contributed by atoms with E-state index in [-0.39, 0.29) is 40.1 Å². The van der Waals surface area contributed by atoms with Gasteiger partial charge in [0.1, 0.15) is 23.6 Å². The molecular formula is C10H20N2OSY. The third-order valence-electron chi connectivity index (χ3n) is 2.64. The predicted octanol–water partition coefficient (Wildman–Crippen LogP) is 0.121. The van der Waals surface area contributed by atoms with Crippen molar-refractivity contribution < 1.29 is 41.4 Å². The van der Waals surface area contributed by atoms with Gasteiger partial charge in [0.2, 0.25) is 0 Å². The number of hydrogen-bond donors (Lipinski definition) is 0. The molecule has 1 aliphatic heterocycles. The van der Waals surface area contributed by atoms with E-state index in [2.05, 4.69) is 20.0 Å². The molecule has 3 nitrogen and oxygen atoms in total. The van der Waals surface area contributed by atoms with Crippen molar-refractivity contribution in [2.24, 2.45) is 0 Å². The monoisotopic (exact) mass is 305 g/mol. The fraction of sp³-hybridized carbons (Fsp3) is 0.700. The van der Waals surface area contributed by atoms with Crippen LogP contribution < -0.4 is 0 Å². The first-order chi connectivity index (χ1) is 5.97. The van der Waals surface area contributed by atoms with Crippen LogP contribution in [0.15, 0.2) is 0 Å². The summed E-state index contributed by atoms with van der Waals surface area (Å²) in [5.74, 6) is 3.41. The van der Waals surface area contributed by atoms with E-state index >= 15 is 0 Å². The molecule has 15 heavy (non-hydrogen) atoms. The minimum atomic E-state index is -0.799. The molecule has 1 rings (SSSR count). The van der Waals surface area contributed by atoms with Gasteiger partial charge < -0.3 is 11.9 Å². The molecule has 1 heterocycles. The maximum absolute atomic E-state index is 11.4. The normalized spacial score (nSPS) is 26.3. The van der Waals surface area contributed by atoms with Crippen molar-refractivity contribution in [3.05, 3.63) is 7.43 Å². The van der Waals surface area contributed by atoms with Gasteiger partial charge in [-0.1, -0.05) is 0 Å². The second kappa shape index (κ2) is 7.14. The van der Waals surface area contributed by atoms with Gasteiger partial charge in [0, 0.05) is 39.8 Å². The number of likely N-dealkylation sites (N-methyl/N-ethyl adjacent to an activating group) is 2. The standard InChI is InChI=1S/C9H17N2OS.CH3.Y/c1-5-6-11(3,4)9-7-10(2)13(12)8-9;;/h1,9H,6-8H2,2-4H3;1H3;/q+1;-1;. The summed E-state index contributed by atoms with van der Waals surface area (Å²) < 4.78 is 14.1. The van der Waals surface area contributed by atoms with Crippen molar-refractivity contribution in [1.29, 1.82) is 0 Å². The molecule has 0 bridgehead atoms. The molecule has 2 atom stereocenters. The van der Waals surface area contributed by atoms with Crippen molar-refractivity contribution in [2.75, 3.05) is 40.0 Å². The molecule has 0 aromatic heterocycles. The van der Waals surface area contributed by atoms with Crippen molar-refractivity contribution >= 4 is 11.0 Å². The smallest absolute Gasteiger partial charge is 0.140 e. The molecule has 5 heteroatoms. The van der Waals surface area contributed by atoms with E-state index < -0.39 is 11.0 Å². The van der Waals surface area contributed by atoms with E-state index in [1.807, 2.05) is 11.4 Å². The Balaban J connectivity index is 0. The summed E-state index contributed by atoms with van der Waals surface area (Å²) >= 11 is 0. The van der Waals surface area contributed by atoms with Gasteiger partial charge >= 0.3 is 0 Å². The molecule has 1 aliphatic rings. The van der Waals surface area contributed by atoms with Crippen molar-refractivity contribution in [3.8, 4) is 12.3 Å². The number of hydrogen-bond acceptors (Lipinski definition) is 1. The van der Waals surface area contributed by atoms with Crippen LogP contribution >= 0.6 is 0 Å². The average molecular weight is 305 g/mol. The maximum Gasteiger partial charge on any atom is 0.140 e. The van der Waals surface area contributed by atoms with Crippen LogP contribution in [0.5, 0.6) is 0 Å². The van der Waals surface area contributed by atoms with Gasteiger partial charge in [-0.25, -0.2) is 8.51 Å². The van der Waals surface area contributed by atoms with Gasteiger partial charge in [-0.2, -0.15) is 0 Å². The fourth-order valence-electron chi connectivity index (χ4n) is 1.51. The Hall–Kier alpha value is 0.734. The zero-order valence-corrected chi connectivity index (χ0v) is 13.7. The number of terminal acetylenes is 1. The number of rotatable bonds is 2. The quantitative estimate of drug-likeness (QED) is 0.403. The Bertz CT molecular complexity index is 263.